The molecule has 76 valence electrons. The summed E-state index contributed by atoms with van der Waals surface area (Å²) in [7, 11) is 0. The molecule has 0 bridgehead atoms. The minimum atomic E-state index is -1.73. The second kappa shape index (κ2) is 4.32. The van der Waals surface area contributed by atoms with Crippen LogP contribution in [-0.2, 0) is 4.79 Å². The summed E-state index contributed by atoms with van der Waals surface area (Å²) in [5, 5.41) is 18.7. The molecular formula is C7H8ClN3O3. The van der Waals surface area contributed by atoms with Gasteiger partial charge in [0.2, 0.25) is 5.91 Å². The predicted molar refractivity (Wildman–Crippen MR) is 47.2 cm³/mol. The Morgan fingerprint density at radius 3 is 2.36 bits per heavy atom. The topological polar surface area (TPSA) is 109 Å². The van der Waals surface area contributed by atoms with Crippen LogP contribution in [0.1, 0.15) is 11.9 Å². The lowest BCUT2D eigenvalue weighted by molar-refractivity contribution is -0.132. The molecule has 0 aliphatic heterocycles. The second-order valence-electron chi connectivity index (χ2n) is 2.55. The molecule has 1 rings (SSSR count). The lowest BCUT2D eigenvalue weighted by Gasteiger charge is -2.12. The molecule has 0 fully saturated rings. The Balaban J connectivity index is 2.84. The van der Waals surface area contributed by atoms with Gasteiger partial charge in [-0.25, -0.2) is 9.97 Å². The van der Waals surface area contributed by atoms with E-state index in [4.69, 9.17) is 22.4 Å². The number of nitrogens with two attached hydrogens (primary N) is 1. The summed E-state index contributed by atoms with van der Waals surface area (Å²) in [6.07, 6.45) is -0.789. The Hall–Kier alpha value is -1.24. The molecule has 1 heterocycles. The van der Waals surface area contributed by atoms with Crippen LogP contribution in [0.2, 0.25) is 5.02 Å². The van der Waals surface area contributed by atoms with Gasteiger partial charge in [0.15, 0.2) is 11.9 Å². The highest BCUT2D eigenvalue weighted by Crippen LogP contribution is 2.13. The van der Waals surface area contributed by atoms with Crippen molar-refractivity contribution in [2.75, 3.05) is 0 Å². The van der Waals surface area contributed by atoms with E-state index in [0.29, 0.717) is 0 Å². The van der Waals surface area contributed by atoms with E-state index in [1.807, 2.05) is 0 Å². The number of aromatic nitrogens is 2. The third kappa shape index (κ3) is 2.38. The molecular weight excluding hydrogens is 210 g/mol. The largest absolute Gasteiger partial charge is 0.382 e. The first kappa shape index (κ1) is 10.8. The zero-order valence-corrected chi connectivity index (χ0v) is 7.72. The van der Waals surface area contributed by atoms with Crippen LogP contribution in [0.4, 0.5) is 0 Å². The van der Waals surface area contributed by atoms with E-state index in [0.717, 1.165) is 0 Å². The minimum Gasteiger partial charge on any atom is -0.382 e. The Morgan fingerprint density at radius 2 is 1.93 bits per heavy atom. The van der Waals surface area contributed by atoms with E-state index in [2.05, 4.69) is 9.97 Å². The molecule has 0 aliphatic carbocycles. The zero-order chi connectivity index (χ0) is 10.7. The normalized spacial score (nSPS) is 14.8. The number of carbonyl (C=O) groups is 1. The molecule has 14 heavy (non-hydrogen) atoms. The van der Waals surface area contributed by atoms with Crippen molar-refractivity contribution in [3.05, 3.63) is 23.2 Å². The molecule has 1 aromatic rings. The third-order valence-corrected chi connectivity index (χ3v) is 1.69. The molecule has 0 spiro atoms. The number of rotatable bonds is 3. The highest BCUT2D eigenvalue weighted by molar-refractivity contribution is 6.30. The summed E-state index contributed by atoms with van der Waals surface area (Å²) in [4.78, 5) is 17.8. The molecule has 0 saturated heterocycles. The van der Waals surface area contributed by atoms with E-state index in [1.165, 1.54) is 12.4 Å². The van der Waals surface area contributed by atoms with E-state index >= 15 is 0 Å². The molecule has 1 aromatic heterocycles. The zero-order valence-electron chi connectivity index (χ0n) is 6.96. The quantitative estimate of drug-likeness (QED) is 0.602. The number of primary amides is 1. The average molecular weight is 218 g/mol. The second-order valence-corrected chi connectivity index (χ2v) is 2.99. The minimum absolute atomic E-state index is 0.110. The van der Waals surface area contributed by atoms with E-state index in [1.54, 1.807) is 0 Å². The van der Waals surface area contributed by atoms with Gasteiger partial charge in [-0.3, -0.25) is 4.79 Å². The lowest BCUT2D eigenvalue weighted by atomic mass is 10.2. The van der Waals surface area contributed by atoms with Crippen LogP contribution in [0.3, 0.4) is 0 Å². The molecule has 0 radical (unpaired) electrons. The number of halogens is 1. The number of aliphatic hydroxyl groups is 2. The summed E-state index contributed by atoms with van der Waals surface area (Å²) in [6.45, 7) is 0. The monoisotopic (exact) mass is 217 g/mol. The van der Waals surface area contributed by atoms with Crippen molar-refractivity contribution >= 4 is 17.5 Å². The Morgan fingerprint density at radius 1 is 1.43 bits per heavy atom. The van der Waals surface area contributed by atoms with Gasteiger partial charge in [-0.15, -0.1) is 0 Å². The van der Waals surface area contributed by atoms with Crippen LogP contribution in [0, 0.1) is 0 Å². The predicted octanol–water partition coefficient (Wildman–Crippen LogP) is -0.990. The molecule has 6 nitrogen and oxygen atoms in total. The molecule has 1 amide bonds. The van der Waals surface area contributed by atoms with Crippen LogP contribution in [-0.4, -0.2) is 32.2 Å². The van der Waals surface area contributed by atoms with Crippen molar-refractivity contribution in [3.63, 3.8) is 0 Å². The SMILES string of the molecule is NC(=O)C(O)C(O)c1ncc(Cl)cn1. The van der Waals surface area contributed by atoms with Gasteiger partial charge in [0, 0.05) is 12.4 Å². The summed E-state index contributed by atoms with van der Waals surface area (Å²) in [6, 6.07) is 0. The maximum absolute atomic E-state index is 10.5. The number of hydrogen-bond donors (Lipinski definition) is 3. The van der Waals surface area contributed by atoms with E-state index in [-0.39, 0.29) is 10.8 Å². The summed E-state index contributed by atoms with van der Waals surface area (Å²) < 4.78 is 0. The third-order valence-electron chi connectivity index (χ3n) is 1.50. The lowest BCUT2D eigenvalue weighted by Crippen LogP contribution is -2.34. The van der Waals surface area contributed by atoms with Crippen LogP contribution in [0.15, 0.2) is 12.4 Å². The first-order valence-electron chi connectivity index (χ1n) is 3.65. The van der Waals surface area contributed by atoms with Gasteiger partial charge in [-0.2, -0.15) is 0 Å². The summed E-state index contributed by atoms with van der Waals surface area (Å²) in [5.41, 5.74) is 4.77. The van der Waals surface area contributed by atoms with Gasteiger partial charge in [-0.05, 0) is 0 Å². The fraction of sp³-hybridized carbons (Fsp3) is 0.286. The van der Waals surface area contributed by atoms with Crippen molar-refractivity contribution in [1.82, 2.24) is 9.97 Å². The van der Waals surface area contributed by atoms with Gasteiger partial charge < -0.3 is 15.9 Å². The number of hydrogen-bond acceptors (Lipinski definition) is 5. The Bertz CT molecular complexity index is 329. The van der Waals surface area contributed by atoms with Gasteiger partial charge in [0.25, 0.3) is 0 Å². The smallest absolute Gasteiger partial charge is 0.249 e. The van der Waals surface area contributed by atoms with Crippen LogP contribution >= 0.6 is 11.6 Å². The molecule has 7 heteroatoms. The number of carbonyl (C=O) groups excluding carboxylic acids is 1. The molecule has 0 aliphatic rings. The van der Waals surface area contributed by atoms with Crippen molar-refractivity contribution in [2.45, 2.75) is 12.2 Å². The molecule has 2 atom stereocenters. The van der Waals surface area contributed by atoms with E-state index < -0.39 is 18.1 Å². The van der Waals surface area contributed by atoms with E-state index in [9.17, 15) is 9.90 Å². The van der Waals surface area contributed by atoms with Gasteiger partial charge >= 0.3 is 0 Å². The first-order chi connectivity index (χ1) is 6.52. The van der Waals surface area contributed by atoms with Crippen LogP contribution in [0.25, 0.3) is 0 Å². The van der Waals surface area contributed by atoms with Crippen molar-refractivity contribution in [3.8, 4) is 0 Å². The van der Waals surface area contributed by atoms with Crippen LogP contribution < -0.4 is 5.73 Å². The standard InChI is InChI=1S/C7H8ClN3O3/c8-3-1-10-7(11-2-3)5(13)4(12)6(9)14/h1-2,4-5,12-13H,(H2,9,14). The van der Waals surface area contributed by atoms with Crippen molar-refractivity contribution in [2.24, 2.45) is 5.73 Å². The first-order valence-corrected chi connectivity index (χ1v) is 4.03. The summed E-state index contributed by atoms with van der Waals surface area (Å²) >= 11 is 5.50. The van der Waals surface area contributed by atoms with Crippen molar-refractivity contribution < 1.29 is 15.0 Å². The molecule has 4 N–H and O–H groups in total. The highest BCUT2D eigenvalue weighted by atomic mass is 35.5. The van der Waals surface area contributed by atoms with Gasteiger partial charge in [0.05, 0.1) is 5.02 Å². The molecule has 0 aromatic carbocycles. The summed E-state index contributed by atoms with van der Waals surface area (Å²) in [5.74, 6) is -1.16. The molecule has 2 unspecified atom stereocenters. The fourth-order valence-electron chi connectivity index (χ4n) is 0.772. The highest BCUT2D eigenvalue weighted by Gasteiger charge is 2.25. The van der Waals surface area contributed by atoms with Gasteiger partial charge in [-0.1, -0.05) is 11.6 Å². The van der Waals surface area contributed by atoms with Crippen molar-refractivity contribution in [1.29, 1.82) is 0 Å². The maximum atomic E-state index is 10.5. The maximum Gasteiger partial charge on any atom is 0.249 e. The molecule has 0 saturated carbocycles. The van der Waals surface area contributed by atoms with Gasteiger partial charge in [0.1, 0.15) is 6.10 Å². The number of aliphatic hydroxyl groups excluding tert-OH is 2. The Labute approximate surface area is 84.4 Å². The average Bonchev–Trinajstić information content (AvgIpc) is 2.16. The number of amides is 1. The number of nitrogens with zero attached hydrogens (tertiary/aromatic N) is 2. The fourth-order valence-corrected chi connectivity index (χ4v) is 0.869. The van der Waals surface area contributed by atoms with Crippen LogP contribution in [0.5, 0.6) is 0 Å². The Kier molecular flexibility index (Phi) is 3.34.